The maximum atomic E-state index is 10.4. The molecule has 1 aliphatic rings. The highest BCUT2D eigenvalue weighted by Gasteiger charge is 2.19. The van der Waals surface area contributed by atoms with Crippen LogP contribution in [0.1, 0.15) is 31.4 Å². The summed E-state index contributed by atoms with van der Waals surface area (Å²) in [7, 11) is 1.75. The molecule has 6 nitrogen and oxygen atoms in total. The Bertz CT molecular complexity index is 602. The van der Waals surface area contributed by atoms with Crippen molar-refractivity contribution in [3.63, 3.8) is 0 Å². The number of aliphatic hydroxyl groups excluding tert-OH is 1. The van der Waals surface area contributed by atoms with Crippen LogP contribution in [0.2, 0.25) is 10.0 Å². The Morgan fingerprint density at radius 2 is 1.93 bits per heavy atom. The minimum Gasteiger partial charge on any atom is -0.386 e. The fourth-order valence-corrected chi connectivity index (χ4v) is 3.81. The van der Waals surface area contributed by atoms with Crippen molar-refractivity contribution in [2.24, 2.45) is 10.9 Å². The van der Waals surface area contributed by atoms with E-state index in [1.165, 1.54) is 12.8 Å². The molecule has 1 aromatic rings. The molecule has 28 heavy (non-hydrogen) atoms. The van der Waals surface area contributed by atoms with Crippen LogP contribution in [-0.2, 0) is 4.74 Å². The molecule has 1 fully saturated rings. The lowest BCUT2D eigenvalue weighted by molar-refractivity contribution is 0.121. The monoisotopic (exact) mass is 430 g/mol. The molecule has 1 aromatic carbocycles. The van der Waals surface area contributed by atoms with Gasteiger partial charge in [0.25, 0.3) is 0 Å². The molecular weight excluding hydrogens is 399 g/mol. The number of hydrogen-bond donors (Lipinski definition) is 3. The van der Waals surface area contributed by atoms with Crippen molar-refractivity contribution >= 4 is 29.2 Å². The number of nitrogens with zero attached hydrogens (tertiary/aromatic N) is 2. The highest BCUT2D eigenvalue weighted by Crippen LogP contribution is 2.23. The van der Waals surface area contributed by atoms with Crippen molar-refractivity contribution in [1.29, 1.82) is 0 Å². The van der Waals surface area contributed by atoms with Crippen LogP contribution in [-0.4, -0.2) is 69.0 Å². The number of likely N-dealkylation sites (tertiary alicyclic amines) is 1. The van der Waals surface area contributed by atoms with E-state index in [4.69, 9.17) is 27.9 Å². The highest BCUT2D eigenvalue weighted by atomic mass is 35.5. The van der Waals surface area contributed by atoms with Gasteiger partial charge in [-0.2, -0.15) is 0 Å². The molecule has 0 radical (unpaired) electrons. The molecule has 1 saturated heterocycles. The first-order chi connectivity index (χ1) is 13.5. The maximum absolute atomic E-state index is 10.4. The van der Waals surface area contributed by atoms with Gasteiger partial charge in [-0.25, -0.2) is 0 Å². The van der Waals surface area contributed by atoms with Crippen LogP contribution in [0.15, 0.2) is 23.2 Å². The molecule has 0 aliphatic carbocycles. The normalized spacial score (nSPS) is 17.5. The van der Waals surface area contributed by atoms with E-state index in [9.17, 15) is 5.11 Å². The molecule has 0 bridgehead atoms. The molecule has 1 unspecified atom stereocenters. The van der Waals surface area contributed by atoms with E-state index in [-0.39, 0.29) is 6.54 Å². The summed E-state index contributed by atoms with van der Waals surface area (Å²) in [4.78, 5) is 6.97. The first kappa shape index (κ1) is 23.2. The van der Waals surface area contributed by atoms with Crippen LogP contribution in [0, 0.1) is 5.92 Å². The van der Waals surface area contributed by atoms with E-state index >= 15 is 0 Å². The Morgan fingerprint density at radius 1 is 1.25 bits per heavy atom. The summed E-state index contributed by atoms with van der Waals surface area (Å²) in [5.41, 5.74) is 0.667. The third kappa shape index (κ3) is 8.13. The Kier molecular flexibility index (Phi) is 10.4. The number of methoxy groups -OCH3 is 1. The zero-order chi connectivity index (χ0) is 20.4. The average molecular weight is 431 g/mol. The number of halogens is 2. The number of benzene rings is 1. The summed E-state index contributed by atoms with van der Waals surface area (Å²) in [6, 6.07) is 5.07. The third-order valence-corrected chi connectivity index (χ3v) is 5.35. The van der Waals surface area contributed by atoms with Gasteiger partial charge in [-0.15, -0.1) is 0 Å². The second kappa shape index (κ2) is 12.5. The molecule has 1 atom stereocenters. The Hall–Kier alpha value is -1.05. The van der Waals surface area contributed by atoms with Gasteiger partial charge in [0.15, 0.2) is 5.96 Å². The zero-order valence-corrected chi connectivity index (χ0v) is 18.3. The fraction of sp³-hybridized carbons (Fsp3) is 0.650. The number of hydrogen-bond acceptors (Lipinski definition) is 4. The first-order valence-electron chi connectivity index (χ1n) is 9.89. The van der Waals surface area contributed by atoms with E-state index < -0.39 is 6.10 Å². The molecule has 0 amide bonds. The second-order valence-electron chi connectivity index (χ2n) is 7.10. The summed E-state index contributed by atoms with van der Waals surface area (Å²) in [5, 5.41) is 18.1. The van der Waals surface area contributed by atoms with E-state index in [0.29, 0.717) is 21.5 Å². The van der Waals surface area contributed by atoms with Gasteiger partial charge < -0.3 is 25.4 Å². The van der Waals surface area contributed by atoms with Gasteiger partial charge in [0, 0.05) is 36.8 Å². The molecule has 0 aromatic heterocycles. The number of guanidine groups is 1. The van der Waals surface area contributed by atoms with Crippen LogP contribution < -0.4 is 10.6 Å². The topological polar surface area (TPSA) is 69.1 Å². The number of aliphatic hydroxyl groups is 1. The van der Waals surface area contributed by atoms with E-state index in [0.717, 1.165) is 45.3 Å². The Balaban J connectivity index is 1.82. The van der Waals surface area contributed by atoms with Crippen LogP contribution in [0.3, 0.4) is 0 Å². The molecule has 8 heteroatoms. The summed E-state index contributed by atoms with van der Waals surface area (Å²) < 4.78 is 5.16. The van der Waals surface area contributed by atoms with Crippen molar-refractivity contribution in [2.45, 2.75) is 25.9 Å². The standard InChI is InChI=1S/C20H32Cl2N4O2/c1-3-23-20(24-13-15-4-6-26(7-5-15)8-9-28-2)25-14-19(27)16-10-17(21)12-18(22)11-16/h10-12,15,19,27H,3-9,13-14H2,1-2H3,(H2,23,24,25). The minimum absolute atomic E-state index is 0.238. The van der Waals surface area contributed by atoms with Crippen molar-refractivity contribution in [3.05, 3.63) is 33.8 Å². The van der Waals surface area contributed by atoms with Gasteiger partial charge in [0.05, 0.1) is 19.3 Å². The van der Waals surface area contributed by atoms with Crippen LogP contribution in [0.25, 0.3) is 0 Å². The van der Waals surface area contributed by atoms with Crippen LogP contribution >= 0.6 is 23.2 Å². The first-order valence-corrected chi connectivity index (χ1v) is 10.6. The minimum atomic E-state index is -0.754. The number of nitrogens with one attached hydrogen (secondary N) is 2. The van der Waals surface area contributed by atoms with Crippen molar-refractivity contribution < 1.29 is 9.84 Å². The summed E-state index contributed by atoms with van der Waals surface area (Å²) in [6.07, 6.45) is 1.58. The predicted molar refractivity (Wildman–Crippen MR) is 116 cm³/mol. The smallest absolute Gasteiger partial charge is 0.191 e. The van der Waals surface area contributed by atoms with Gasteiger partial charge in [-0.3, -0.25) is 4.99 Å². The SMILES string of the molecule is CCNC(=NCC(O)c1cc(Cl)cc(Cl)c1)NCC1CCN(CCOC)CC1. The molecule has 3 N–H and O–H groups in total. The lowest BCUT2D eigenvalue weighted by Crippen LogP contribution is -2.43. The summed E-state index contributed by atoms with van der Waals surface area (Å²) in [6.45, 7) is 7.92. The Labute approximate surface area is 178 Å². The zero-order valence-electron chi connectivity index (χ0n) is 16.8. The number of aliphatic imine (C=N–C) groups is 1. The van der Waals surface area contributed by atoms with E-state index in [1.807, 2.05) is 6.92 Å². The maximum Gasteiger partial charge on any atom is 0.191 e. The summed E-state index contributed by atoms with van der Waals surface area (Å²) >= 11 is 12.0. The highest BCUT2D eigenvalue weighted by molar-refractivity contribution is 6.34. The Morgan fingerprint density at radius 3 is 2.54 bits per heavy atom. The fourth-order valence-electron chi connectivity index (χ4n) is 3.27. The van der Waals surface area contributed by atoms with E-state index in [2.05, 4.69) is 20.5 Å². The number of ether oxygens (including phenoxy) is 1. The molecule has 0 saturated carbocycles. The molecular formula is C20H32Cl2N4O2. The lowest BCUT2D eigenvalue weighted by atomic mass is 9.97. The van der Waals surface area contributed by atoms with Gasteiger partial charge >= 0.3 is 0 Å². The number of piperidine rings is 1. The average Bonchev–Trinajstić information content (AvgIpc) is 2.68. The molecule has 1 aliphatic heterocycles. The third-order valence-electron chi connectivity index (χ3n) is 4.91. The van der Waals surface area contributed by atoms with Gasteiger partial charge in [0.2, 0.25) is 0 Å². The molecule has 158 valence electrons. The molecule has 1 heterocycles. The van der Waals surface area contributed by atoms with Crippen LogP contribution in [0.4, 0.5) is 0 Å². The summed E-state index contributed by atoms with van der Waals surface area (Å²) in [5.74, 6) is 1.34. The molecule has 2 rings (SSSR count). The second-order valence-corrected chi connectivity index (χ2v) is 7.97. The van der Waals surface area contributed by atoms with E-state index in [1.54, 1.807) is 25.3 Å². The number of rotatable bonds is 9. The van der Waals surface area contributed by atoms with Gasteiger partial charge in [-0.1, -0.05) is 23.2 Å². The van der Waals surface area contributed by atoms with Crippen LogP contribution in [0.5, 0.6) is 0 Å². The van der Waals surface area contributed by atoms with Crippen molar-refractivity contribution in [3.8, 4) is 0 Å². The molecule has 0 spiro atoms. The largest absolute Gasteiger partial charge is 0.386 e. The van der Waals surface area contributed by atoms with Gasteiger partial charge in [0.1, 0.15) is 0 Å². The van der Waals surface area contributed by atoms with Crippen molar-refractivity contribution in [2.75, 3.05) is 53.0 Å². The quantitative estimate of drug-likeness (QED) is 0.415. The van der Waals surface area contributed by atoms with Gasteiger partial charge in [-0.05, 0) is 62.5 Å². The predicted octanol–water partition coefficient (Wildman–Crippen LogP) is 2.94. The lowest BCUT2D eigenvalue weighted by Gasteiger charge is -2.32. The van der Waals surface area contributed by atoms with Crippen molar-refractivity contribution in [1.82, 2.24) is 15.5 Å².